The van der Waals surface area contributed by atoms with Crippen molar-refractivity contribution in [1.82, 2.24) is 14.5 Å². The number of hydrogen-bond acceptors (Lipinski definition) is 4. The van der Waals surface area contributed by atoms with Gasteiger partial charge in [0.25, 0.3) is 5.56 Å². The van der Waals surface area contributed by atoms with Crippen LogP contribution in [0.3, 0.4) is 0 Å². The summed E-state index contributed by atoms with van der Waals surface area (Å²) in [4.78, 5) is 17.9. The standard InChI is InChI=1S/C10H11N3OS2/c1-7(9-11-3-5-16-9)6-13-4-2-8(14)12-10(13)15/h2-5,7H,6H2,1H3,(H,12,14,15). The fraction of sp³-hybridized carbons (Fsp3) is 0.300. The van der Waals surface area contributed by atoms with Crippen molar-refractivity contribution in [3.8, 4) is 0 Å². The van der Waals surface area contributed by atoms with Gasteiger partial charge in [0.2, 0.25) is 0 Å². The van der Waals surface area contributed by atoms with E-state index in [9.17, 15) is 4.79 Å². The highest BCUT2D eigenvalue weighted by molar-refractivity contribution is 7.71. The molecule has 1 N–H and O–H groups in total. The van der Waals surface area contributed by atoms with Crippen molar-refractivity contribution in [3.05, 3.63) is 44.0 Å². The average Bonchev–Trinajstić information content (AvgIpc) is 2.75. The molecule has 0 fully saturated rings. The molecule has 4 nitrogen and oxygen atoms in total. The largest absolute Gasteiger partial charge is 0.324 e. The second-order valence-electron chi connectivity index (χ2n) is 3.53. The summed E-state index contributed by atoms with van der Waals surface area (Å²) < 4.78 is 2.30. The Bertz CT molecular complexity index is 570. The summed E-state index contributed by atoms with van der Waals surface area (Å²) in [6, 6.07) is 1.48. The SMILES string of the molecule is CC(Cn1ccc(=O)[nH]c1=S)c1nccs1. The first-order chi connectivity index (χ1) is 7.66. The number of aromatic nitrogens is 3. The Morgan fingerprint density at radius 2 is 2.50 bits per heavy atom. The predicted octanol–water partition coefficient (Wildman–Crippen LogP) is 2.17. The third-order valence-electron chi connectivity index (χ3n) is 2.24. The summed E-state index contributed by atoms with van der Waals surface area (Å²) in [6.07, 6.45) is 3.51. The fourth-order valence-electron chi connectivity index (χ4n) is 1.44. The van der Waals surface area contributed by atoms with E-state index in [1.54, 1.807) is 23.7 Å². The van der Waals surface area contributed by atoms with Crippen molar-refractivity contribution in [2.75, 3.05) is 0 Å². The lowest BCUT2D eigenvalue weighted by atomic mass is 10.2. The van der Waals surface area contributed by atoms with Gasteiger partial charge in [0.1, 0.15) is 0 Å². The molecule has 84 valence electrons. The molecule has 0 aliphatic carbocycles. The lowest BCUT2D eigenvalue weighted by Gasteiger charge is -2.10. The van der Waals surface area contributed by atoms with Crippen LogP contribution in [0.5, 0.6) is 0 Å². The smallest absolute Gasteiger partial charge is 0.251 e. The van der Waals surface area contributed by atoms with E-state index in [1.807, 2.05) is 9.95 Å². The van der Waals surface area contributed by atoms with Crippen molar-refractivity contribution in [3.63, 3.8) is 0 Å². The molecule has 1 atom stereocenters. The zero-order valence-corrected chi connectivity index (χ0v) is 10.3. The van der Waals surface area contributed by atoms with Gasteiger partial charge < -0.3 is 4.57 Å². The molecule has 0 aliphatic heterocycles. The maximum absolute atomic E-state index is 11.0. The van der Waals surface area contributed by atoms with Crippen LogP contribution in [0.15, 0.2) is 28.6 Å². The van der Waals surface area contributed by atoms with Crippen molar-refractivity contribution < 1.29 is 0 Å². The van der Waals surface area contributed by atoms with E-state index in [0.29, 0.717) is 4.77 Å². The van der Waals surface area contributed by atoms with Crippen molar-refractivity contribution in [1.29, 1.82) is 0 Å². The van der Waals surface area contributed by atoms with E-state index in [4.69, 9.17) is 12.2 Å². The molecule has 0 saturated heterocycles. The molecule has 2 aromatic rings. The van der Waals surface area contributed by atoms with Gasteiger partial charge in [-0.05, 0) is 12.2 Å². The summed E-state index contributed by atoms with van der Waals surface area (Å²) in [5, 5.41) is 3.03. The third kappa shape index (κ3) is 2.45. The van der Waals surface area contributed by atoms with Gasteiger partial charge in [0.15, 0.2) is 4.77 Å². The molecule has 0 aromatic carbocycles. The lowest BCUT2D eigenvalue weighted by Crippen LogP contribution is -2.14. The average molecular weight is 253 g/mol. The van der Waals surface area contributed by atoms with Crippen LogP contribution >= 0.6 is 23.6 Å². The molecule has 0 saturated carbocycles. The fourth-order valence-corrected chi connectivity index (χ4v) is 2.36. The maximum Gasteiger partial charge on any atom is 0.251 e. The van der Waals surface area contributed by atoms with Gasteiger partial charge in [-0.3, -0.25) is 9.78 Å². The van der Waals surface area contributed by atoms with Crippen LogP contribution in [0.1, 0.15) is 17.8 Å². The topological polar surface area (TPSA) is 50.7 Å². The van der Waals surface area contributed by atoms with Gasteiger partial charge >= 0.3 is 0 Å². The molecule has 2 heterocycles. The maximum atomic E-state index is 11.0. The van der Waals surface area contributed by atoms with E-state index in [0.717, 1.165) is 11.6 Å². The van der Waals surface area contributed by atoms with Crippen LogP contribution in [0.4, 0.5) is 0 Å². The molecule has 0 aliphatic rings. The van der Waals surface area contributed by atoms with E-state index in [-0.39, 0.29) is 11.5 Å². The second-order valence-corrected chi connectivity index (χ2v) is 4.85. The number of thiazole rings is 1. The van der Waals surface area contributed by atoms with Crippen molar-refractivity contribution in [2.45, 2.75) is 19.4 Å². The van der Waals surface area contributed by atoms with Crippen molar-refractivity contribution >= 4 is 23.6 Å². The van der Waals surface area contributed by atoms with Crippen LogP contribution in [0.25, 0.3) is 0 Å². The van der Waals surface area contributed by atoms with Gasteiger partial charge in [0.05, 0.1) is 5.01 Å². The third-order valence-corrected chi connectivity index (χ3v) is 3.58. The minimum atomic E-state index is -0.164. The monoisotopic (exact) mass is 253 g/mol. The van der Waals surface area contributed by atoms with Crippen LogP contribution in [-0.2, 0) is 6.54 Å². The minimum absolute atomic E-state index is 0.164. The number of H-pyrrole nitrogens is 1. The molecule has 2 aromatic heterocycles. The van der Waals surface area contributed by atoms with E-state index < -0.39 is 0 Å². The van der Waals surface area contributed by atoms with Crippen LogP contribution in [0, 0.1) is 4.77 Å². The molecular weight excluding hydrogens is 242 g/mol. The summed E-state index contributed by atoms with van der Waals surface area (Å²) >= 11 is 6.71. The first-order valence-corrected chi connectivity index (χ1v) is 6.15. The molecule has 0 radical (unpaired) electrons. The van der Waals surface area contributed by atoms with Gasteiger partial charge in [-0.1, -0.05) is 6.92 Å². The Morgan fingerprint density at radius 3 is 3.12 bits per heavy atom. The zero-order chi connectivity index (χ0) is 11.5. The Kier molecular flexibility index (Phi) is 3.31. The van der Waals surface area contributed by atoms with Crippen LogP contribution < -0.4 is 5.56 Å². The predicted molar refractivity (Wildman–Crippen MR) is 66.4 cm³/mol. The second kappa shape index (κ2) is 4.71. The van der Waals surface area contributed by atoms with E-state index in [2.05, 4.69) is 16.9 Å². The highest BCUT2D eigenvalue weighted by atomic mass is 32.1. The first-order valence-electron chi connectivity index (χ1n) is 4.86. The minimum Gasteiger partial charge on any atom is -0.324 e. The van der Waals surface area contributed by atoms with E-state index in [1.165, 1.54) is 6.07 Å². The molecule has 6 heteroatoms. The Hall–Kier alpha value is -1.27. The summed E-state index contributed by atoms with van der Waals surface area (Å²) in [5.41, 5.74) is -0.164. The highest BCUT2D eigenvalue weighted by Crippen LogP contribution is 2.19. The Labute approximate surface area is 102 Å². The zero-order valence-electron chi connectivity index (χ0n) is 8.71. The summed E-state index contributed by atoms with van der Waals surface area (Å²) in [5.74, 6) is 0.289. The number of rotatable bonds is 3. The number of nitrogens with one attached hydrogen (secondary N) is 1. The van der Waals surface area contributed by atoms with Crippen molar-refractivity contribution in [2.24, 2.45) is 0 Å². The molecule has 0 bridgehead atoms. The van der Waals surface area contributed by atoms with Gasteiger partial charge in [0, 0.05) is 36.3 Å². The molecule has 1 unspecified atom stereocenters. The number of aromatic amines is 1. The van der Waals surface area contributed by atoms with Gasteiger partial charge in [-0.2, -0.15) is 0 Å². The van der Waals surface area contributed by atoms with Crippen LogP contribution in [0.2, 0.25) is 0 Å². The van der Waals surface area contributed by atoms with Gasteiger partial charge in [-0.25, -0.2) is 4.98 Å². The summed E-state index contributed by atoms with van der Waals surface area (Å²) in [7, 11) is 0. The molecule has 2 rings (SSSR count). The van der Waals surface area contributed by atoms with E-state index >= 15 is 0 Å². The Morgan fingerprint density at radius 1 is 1.69 bits per heavy atom. The lowest BCUT2D eigenvalue weighted by molar-refractivity contribution is 0.575. The molecular formula is C10H11N3OS2. The summed E-state index contributed by atoms with van der Waals surface area (Å²) in [6.45, 7) is 2.81. The molecule has 0 spiro atoms. The number of nitrogens with zero attached hydrogens (tertiary/aromatic N) is 2. The Balaban J connectivity index is 2.21. The number of hydrogen-bond donors (Lipinski definition) is 1. The highest BCUT2D eigenvalue weighted by Gasteiger charge is 2.08. The molecule has 16 heavy (non-hydrogen) atoms. The quantitative estimate of drug-likeness (QED) is 0.853. The molecule has 0 amide bonds. The first kappa shape index (κ1) is 11.2. The van der Waals surface area contributed by atoms with Gasteiger partial charge in [-0.15, -0.1) is 11.3 Å². The van der Waals surface area contributed by atoms with Crippen LogP contribution in [-0.4, -0.2) is 14.5 Å². The normalized spacial score (nSPS) is 12.6.